The lowest BCUT2D eigenvalue weighted by atomic mass is 10.0. The van der Waals surface area contributed by atoms with Crippen LogP contribution < -0.4 is 0 Å². The van der Waals surface area contributed by atoms with E-state index in [1.54, 1.807) is 12.1 Å². The summed E-state index contributed by atoms with van der Waals surface area (Å²) in [6.45, 7) is 4.07. The van der Waals surface area contributed by atoms with Crippen molar-refractivity contribution in [1.82, 2.24) is 0 Å². The quantitative estimate of drug-likeness (QED) is 0.661. The summed E-state index contributed by atoms with van der Waals surface area (Å²) in [4.78, 5) is 0. The van der Waals surface area contributed by atoms with E-state index < -0.39 is 6.43 Å². The zero-order chi connectivity index (χ0) is 12.1. The predicted octanol–water partition coefficient (Wildman–Crippen LogP) is 4.90. The molecule has 0 bridgehead atoms. The van der Waals surface area contributed by atoms with E-state index >= 15 is 0 Å². The fourth-order valence-electron chi connectivity index (χ4n) is 1.36. The van der Waals surface area contributed by atoms with Gasteiger partial charge >= 0.3 is 0 Å². The molecule has 88 valence electrons. The Kier molecular flexibility index (Phi) is 4.94. The highest BCUT2D eigenvalue weighted by Gasteiger charge is 2.07. The van der Waals surface area contributed by atoms with Gasteiger partial charge in [-0.3, -0.25) is 0 Å². The lowest BCUT2D eigenvalue weighted by Gasteiger charge is -2.08. The van der Waals surface area contributed by atoms with Gasteiger partial charge in [0.15, 0.2) is 0 Å². The molecule has 16 heavy (non-hydrogen) atoms. The molecule has 0 fully saturated rings. The van der Waals surface area contributed by atoms with Crippen LogP contribution in [0, 0.1) is 5.92 Å². The number of allylic oxidation sites excluding steroid dienone is 1. The molecule has 0 aromatic heterocycles. The minimum Gasteiger partial charge on any atom is -0.205 e. The van der Waals surface area contributed by atoms with Crippen molar-refractivity contribution in [2.24, 2.45) is 5.92 Å². The number of benzene rings is 1. The molecule has 0 nitrogen and oxygen atoms in total. The SMILES string of the molecule is CC(C)/C(=C/c1cccc(C(F)F)c1)CCl. The highest BCUT2D eigenvalue weighted by atomic mass is 35.5. The third-order valence-electron chi connectivity index (χ3n) is 2.41. The molecule has 0 atom stereocenters. The summed E-state index contributed by atoms with van der Waals surface area (Å²) in [5.74, 6) is 0.754. The number of rotatable bonds is 4. The molecule has 0 heterocycles. The summed E-state index contributed by atoms with van der Waals surface area (Å²) in [7, 11) is 0. The molecular weight excluding hydrogens is 230 g/mol. The Morgan fingerprint density at radius 1 is 1.38 bits per heavy atom. The Bertz CT molecular complexity index is 370. The third-order valence-corrected chi connectivity index (χ3v) is 2.72. The molecule has 1 aromatic rings. The van der Waals surface area contributed by atoms with E-state index in [4.69, 9.17) is 11.6 Å². The van der Waals surface area contributed by atoms with Crippen molar-refractivity contribution in [3.63, 3.8) is 0 Å². The first kappa shape index (κ1) is 13.2. The van der Waals surface area contributed by atoms with Gasteiger partial charge in [0.1, 0.15) is 0 Å². The molecule has 1 rings (SSSR count). The standard InChI is InChI=1S/C13H15ClF2/c1-9(2)12(8-14)7-10-4-3-5-11(6-10)13(15)16/h3-7,9,13H,8H2,1-2H3/b12-7+. The second-order valence-electron chi connectivity index (χ2n) is 3.98. The maximum atomic E-state index is 12.5. The van der Waals surface area contributed by atoms with Crippen molar-refractivity contribution in [2.45, 2.75) is 20.3 Å². The minimum absolute atomic E-state index is 0.0476. The lowest BCUT2D eigenvalue weighted by molar-refractivity contribution is 0.151. The van der Waals surface area contributed by atoms with Crippen molar-refractivity contribution in [3.05, 3.63) is 41.0 Å². The highest BCUT2D eigenvalue weighted by molar-refractivity contribution is 6.19. The average molecular weight is 245 g/mol. The van der Waals surface area contributed by atoms with Gasteiger partial charge in [0.25, 0.3) is 6.43 Å². The van der Waals surface area contributed by atoms with Gasteiger partial charge in [-0.1, -0.05) is 43.7 Å². The second kappa shape index (κ2) is 6.00. The molecule has 0 saturated carbocycles. The third kappa shape index (κ3) is 3.60. The van der Waals surface area contributed by atoms with E-state index in [1.165, 1.54) is 12.1 Å². The van der Waals surface area contributed by atoms with Crippen LogP contribution in [0.4, 0.5) is 8.78 Å². The van der Waals surface area contributed by atoms with Crippen LogP contribution in [-0.2, 0) is 0 Å². The van der Waals surface area contributed by atoms with Crippen LogP contribution in [0.5, 0.6) is 0 Å². The molecule has 1 aromatic carbocycles. The first-order valence-corrected chi connectivity index (χ1v) is 5.72. The van der Waals surface area contributed by atoms with Crippen LogP contribution in [0.3, 0.4) is 0 Å². The van der Waals surface area contributed by atoms with Crippen molar-refractivity contribution in [3.8, 4) is 0 Å². The van der Waals surface area contributed by atoms with Crippen LogP contribution >= 0.6 is 11.6 Å². The van der Waals surface area contributed by atoms with Gasteiger partial charge in [0.05, 0.1) is 0 Å². The second-order valence-corrected chi connectivity index (χ2v) is 4.25. The van der Waals surface area contributed by atoms with Gasteiger partial charge in [0, 0.05) is 11.4 Å². The molecular formula is C13H15ClF2. The summed E-state index contributed by atoms with van der Waals surface area (Å²) in [5, 5.41) is 0. The van der Waals surface area contributed by atoms with Gasteiger partial charge in [0.2, 0.25) is 0 Å². The molecule has 0 aliphatic rings. The van der Waals surface area contributed by atoms with Crippen molar-refractivity contribution < 1.29 is 8.78 Å². The minimum atomic E-state index is -2.42. The van der Waals surface area contributed by atoms with Crippen LogP contribution in [0.15, 0.2) is 29.8 Å². The molecule has 0 spiro atoms. The zero-order valence-corrected chi connectivity index (χ0v) is 10.1. The normalized spacial score (nSPS) is 12.6. The Morgan fingerprint density at radius 2 is 2.06 bits per heavy atom. The first-order chi connectivity index (χ1) is 7.54. The zero-order valence-electron chi connectivity index (χ0n) is 9.38. The molecule has 3 heteroatoms. The number of hydrogen-bond donors (Lipinski definition) is 0. The Labute approximate surface area is 99.9 Å². The van der Waals surface area contributed by atoms with Gasteiger partial charge in [-0.2, -0.15) is 0 Å². The van der Waals surface area contributed by atoms with Gasteiger partial charge in [-0.05, 0) is 17.5 Å². The molecule has 0 aliphatic heterocycles. The van der Waals surface area contributed by atoms with Crippen LogP contribution in [0.25, 0.3) is 6.08 Å². The van der Waals surface area contributed by atoms with Gasteiger partial charge in [-0.15, -0.1) is 11.6 Å². The van der Waals surface area contributed by atoms with E-state index in [0.29, 0.717) is 11.8 Å². The molecule has 0 N–H and O–H groups in total. The fourth-order valence-corrected chi connectivity index (χ4v) is 1.74. The maximum absolute atomic E-state index is 12.5. The Balaban J connectivity index is 3.00. The largest absolute Gasteiger partial charge is 0.263 e. The van der Waals surface area contributed by atoms with E-state index in [1.807, 2.05) is 19.9 Å². The van der Waals surface area contributed by atoms with Crippen molar-refractivity contribution in [2.75, 3.05) is 5.88 Å². The van der Waals surface area contributed by atoms with Gasteiger partial charge < -0.3 is 0 Å². The summed E-state index contributed by atoms with van der Waals surface area (Å²) in [6.07, 6.45) is -0.546. The topological polar surface area (TPSA) is 0 Å². The summed E-state index contributed by atoms with van der Waals surface area (Å²) in [6, 6.07) is 6.37. The summed E-state index contributed by atoms with van der Waals surface area (Å²) >= 11 is 5.80. The van der Waals surface area contributed by atoms with E-state index in [-0.39, 0.29) is 5.56 Å². The van der Waals surface area contributed by atoms with E-state index in [9.17, 15) is 8.78 Å². The monoisotopic (exact) mass is 244 g/mol. The van der Waals surface area contributed by atoms with Crippen LogP contribution in [0.2, 0.25) is 0 Å². The average Bonchev–Trinajstić information content (AvgIpc) is 2.25. The number of halogens is 3. The van der Waals surface area contributed by atoms with Crippen LogP contribution in [0.1, 0.15) is 31.4 Å². The first-order valence-electron chi connectivity index (χ1n) is 5.19. The van der Waals surface area contributed by atoms with Crippen LogP contribution in [-0.4, -0.2) is 5.88 Å². The van der Waals surface area contributed by atoms with E-state index in [0.717, 1.165) is 11.1 Å². The molecule has 0 amide bonds. The number of alkyl halides is 3. The Hall–Kier alpha value is -0.890. The molecule has 0 radical (unpaired) electrons. The molecule has 0 unspecified atom stereocenters. The lowest BCUT2D eigenvalue weighted by Crippen LogP contribution is -1.95. The van der Waals surface area contributed by atoms with Gasteiger partial charge in [-0.25, -0.2) is 8.78 Å². The Morgan fingerprint density at radius 3 is 2.56 bits per heavy atom. The fraction of sp³-hybridized carbons (Fsp3) is 0.385. The van der Waals surface area contributed by atoms with E-state index in [2.05, 4.69) is 0 Å². The number of hydrogen-bond acceptors (Lipinski definition) is 0. The highest BCUT2D eigenvalue weighted by Crippen LogP contribution is 2.22. The maximum Gasteiger partial charge on any atom is 0.263 e. The van der Waals surface area contributed by atoms with Crippen molar-refractivity contribution >= 4 is 17.7 Å². The smallest absolute Gasteiger partial charge is 0.205 e. The summed E-state index contributed by atoms with van der Waals surface area (Å²) in [5.41, 5.74) is 1.88. The van der Waals surface area contributed by atoms with Crippen molar-refractivity contribution in [1.29, 1.82) is 0 Å². The predicted molar refractivity (Wildman–Crippen MR) is 64.9 cm³/mol. The molecule has 0 aliphatic carbocycles. The summed E-state index contributed by atoms with van der Waals surface area (Å²) < 4.78 is 25.0. The molecule has 0 saturated heterocycles.